The molecule has 10 heteroatoms. The molecule has 0 spiro atoms. The number of rotatable bonds is 4. The predicted molar refractivity (Wildman–Crippen MR) is 105 cm³/mol. The highest BCUT2D eigenvalue weighted by Gasteiger charge is 2.36. The standard InChI is InChI=1S/C19H21FN6O3/c1-10-6-11(15(21)27)12(20)7-13(10)23-17-22-8-14-16(24-17)26(18(28)25(14)3)19(2)4-5-29-9-19/h6-8H,4-5,9H2,1-3H3,(H2,21,27)(H,22,23,24)/t19-/m0/s1. The first-order chi connectivity index (χ1) is 13.7. The summed E-state index contributed by atoms with van der Waals surface area (Å²) in [5, 5.41) is 2.96. The molecule has 2 aromatic heterocycles. The molecular formula is C19H21FN6O3. The summed E-state index contributed by atoms with van der Waals surface area (Å²) < 4.78 is 22.8. The van der Waals surface area contributed by atoms with Gasteiger partial charge in [-0.05, 0) is 38.0 Å². The van der Waals surface area contributed by atoms with Gasteiger partial charge in [0.2, 0.25) is 5.95 Å². The van der Waals surface area contributed by atoms with Gasteiger partial charge in [0.05, 0.1) is 23.9 Å². The lowest BCUT2D eigenvalue weighted by Crippen LogP contribution is -2.39. The van der Waals surface area contributed by atoms with E-state index in [1.165, 1.54) is 16.7 Å². The van der Waals surface area contributed by atoms with Gasteiger partial charge in [-0.15, -0.1) is 0 Å². The molecule has 29 heavy (non-hydrogen) atoms. The number of nitrogens with one attached hydrogen (secondary N) is 1. The molecule has 1 amide bonds. The number of amides is 1. The molecule has 1 aliphatic heterocycles. The maximum Gasteiger partial charge on any atom is 0.330 e. The zero-order chi connectivity index (χ0) is 20.9. The lowest BCUT2D eigenvalue weighted by molar-refractivity contribution is 0.0996. The summed E-state index contributed by atoms with van der Waals surface area (Å²) >= 11 is 0. The molecule has 3 aromatic rings. The van der Waals surface area contributed by atoms with E-state index in [2.05, 4.69) is 15.3 Å². The molecule has 1 atom stereocenters. The number of nitrogens with zero attached hydrogens (tertiary/aromatic N) is 4. The molecule has 3 heterocycles. The fraction of sp³-hybridized carbons (Fsp3) is 0.368. The van der Waals surface area contributed by atoms with Crippen LogP contribution in [-0.2, 0) is 17.3 Å². The zero-order valence-electron chi connectivity index (χ0n) is 16.3. The fourth-order valence-corrected chi connectivity index (χ4v) is 3.62. The number of primary amides is 1. The summed E-state index contributed by atoms with van der Waals surface area (Å²) in [5.41, 5.74) is 6.34. The highest BCUT2D eigenvalue weighted by molar-refractivity contribution is 5.94. The Balaban J connectivity index is 1.80. The lowest BCUT2D eigenvalue weighted by atomic mass is 10.0. The van der Waals surface area contributed by atoms with Crippen LogP contribution in [0.15, 0.2) is 23.1 Å². The first-order valence-electron chi connectivity index (χ1n) is 9.11. The smallest absolute Gasteiger partial charge is 0.330 e. The number of ether oxygens (including phenoxy) is 1. The third-order valence-corrected chi connectivity index (χ3v) is 5.37. The summed E-state index contributed by atoms with van der Waals surface area (Å²) in [6.45, 7) is 4.65. The summed E-state index contributed by atoms with van der Waals surface area (Å²) in [5.74, 6) is -1.37. The first-order valence-corrected chi connectivity index (χ1v) is 9.11. The van der Waals surface area contributed by atoms with Gasteiger partial charge < -0.3 is 15.8 Å². The van der Waals surface area contributed by atoms with Gasteiger partial charge in [0, 0.05) is 19.3 Å². The Hall–Kier alpha value is -3.27. The highest BCUT2D eigenvalue weighted by Crippen LogP contribution is 2.29. The van der Waals surface area contributed by atoms with Crippen LogP contribution in [0.25, 0.3) is 11.2 Å². The maximum absolute atomic E-state index is 14.2. The van der Waals surface area contributed by atoms with E-state index in [-0.39, 0.29) is 17.2 Å². The molecule has 152 valence electrons. The number of hydrogen-bond acceptors (Lipinski definition) is 6. The second kappa shape index (κ2) is 6.66. The van der Waals surface area contributed by atoms with E-state index < -0.39 is 17.3 Å². The van der Waals surface area contributed by atoms with E-state index in [1.807, 2.05) is 6.92 Å². The molecule has 1 saturated heterocycles. The first kappa shape index (κ1) is 19.1. The molecule has 0 radical (unpaired) electrons. The highest BCUT2D eigenvalue weighted by atomic mass is 19.1. The number of aromatic nitrogens is 4. The van der Waals surface area contributed by atoms with Crippen molar-refractivity contribution in [2.45, 2.75) is 25.8 Å². The van der Waals surface area contributed by atoms with E-state index in [0.717, 1.165) is 0 Å². The summed E-state index contributed by atoms with van der Waals surface area (Å²) in [7, 11) is 1.67. The van der Waals surface area contributed by atoms with Crippen LogP contribution in [0.1, 0.15) is 29.3 Å². The predicted octanol–water partition coefficient (Wildman–Crippen LogP) is 1.56. The van der Waals surface area contributed by atoms with Crippen LogP contribution in [0.3, 0.4) is 0 Å². The van der Waals surface area contributed by atoms with Gasteiger partial charge in [-0.2, -0.15) is 4.98 Å². The summed E-state index contributed by atoms with van der Waals surface area (Å²) in [4.78, 5) is 32.9. The Kier molecular flexibility index (Phi) is 4.38. The minimum Gasteiger partial charge on any atom is -0.379 e. The minimum atomic E-state index is -0.838. The number of fused-ring (bicyclic) bond motifs is 1. The van der Waals surface area contributed by atoms with Gasteiger partial charge in [0.15, 0.2) is 5.65 Å². The van der Waals surface area contributed by atoms with Crippen molar-refractivity contribution >= 4 is 28.7 Å². The number of halogens is 1. The zero-order valence-corrected chi connectivity index (χ0v) is 16.3. The van der Waals surface area contributed by atoms with E-state index in [0.29, 0.717) is 42.0 Å². The largest absolute Gasteiger partial charge is 0.379 e. The van der Waals surface area contributed by atoms with Crippen LogP contribution in [-0.4, -0.2) is 38.2 Å². The van der Waals surface area contributed by atoms with Gasteiger partial charge in [-0.3, -0.25) is 13.9 Å². The summed E-state index contributed by atoms with van der Waals surface area (Å²) in [6, 6.07) is 2.54. The van der Waals surface area contributed by atoms with E-state index in [9.17, 15) is 14.0 Å². The number of benzene rings is 1. The number of imidazole rings is 1. The molecule has 1 fully saturated rings. The Morgan fingerprint density at radius 1 is 1.41 bits per heavy atom. The average molecular weight is 400 g/mol. The number of anilines is 2. The Morgan fingerprint density at radius 3 is 2.83 bits per heavy atom. The maximum atomic E-state index is 14.2. The lowest BCUT2D eigenvalue weighted by Gasteiger charge is -2.23. The number of nitrogens with two attached hydrogens (primary N) is 1. The van der Waals surface area contributed by atoms with Crippen LogP contribution in [0.4, 0.5) is 16.0 Å². The molecule has 3 N–H and O–H groups in total. The molecule has 0 saturated carbocycles. The third kappa shape index (κ3) is 3.05. The van der Waals surface area contributed by atoms with E-state index >= 15 is 0 Å². The Labute approximate surface area is 165 Å². The Morgan fingerprint density at radius 2 is 2.17 bits per heavy atom. The van der Waals surface area contributed by atoms with Gasteiger partial charge >= 0.3 is 5.69 Å². The number of aryl methyl sites for hydroxylation is 2. The molecular weight excluding hydrogens is 379 g/mol. The molecule has 0 unspecified atom stereocenters. The molecule has 0 aliphatic carbocycles. The van der Waals surface area contributed by atoms with Crippen molar-refractivity contribution in [2.75, 3.05) is 18.5 Å². The molecule has 1 aliphatic rings. The number of hydrogen-bond donors (Lipinski definition) is 2. The van der Waals surface area contributed by atoms with Gasteiger partial charge in [0.1, 0.15) is 11.3 Å². The monoisotopic (exact) mass is 400 g/mol. The quantitative estimate of drug-likeness (QED) is 0.686. The van der Waals surface area contributed by atoms with Crippen LogP contribution in [0.5, 0.6) is 0 Å². The fourth-order valence-electron chi connectivity index (χ4n) is 3.62. The number of carbonyl (C=O) groups is 1. The van der Waals surface area contributed by atoms with Crippen molar-refractivity contribution in [2.24, 2.45) is 12.8 Å². The van der Waals surface area contributed by atoms with Crippen LogP contribution in [0, 0.1) is 12.7 Å². The van der Waals surface area contributed by atoms with Gasteiger partial charge in [-0.1, -0.05) is 0 Å². The van der Waals surface area contributed by atoms with Crippen molar-refractivity contribution in [1.29, 1.82) is 0 Å². The van der Waals surface area contributed by atoms with Crippen molar-refractivity contribution in [1.82, 2.24) is 19.1 Å². The second-order valence-electron chi connectivity index (χ2n) is 7.52. The molecule has 4 rings (SSSR count). The van der Waals surface area contributed by atoms with Gasteiger partial charge in [0.25, 0.3) is 5.91 Å². The molecule has 9 nitrogen and oxygen atoms in total. The SMILES string of the molecule is Cc1cc(C(N)=O)c(F)cc1Nc1ncc2c(n1)n([C@@]1(C)CCOC1)c(=O)n2C. The Bertz CT molecular complexity index is 1190. The molecule has 1 aromatic carbocycles. The van der Waals surface area contributed by atoms with Crippen LogP contribution in [0.2, 0.25) is 0 Å². The number of carbonyl (C=O) groups excluding carboxylic acids is 1. The van der Waals surface area contributed by atoms with Crippen LogP contribution >= 0.6 is 0 Å². The van der Waals surface area contributed by atoms with E-state index in [4.69, 9.17) is 10.5 Å². The van der Waals surface area contributed by atoms with Crippen molar-refractivity contribution in [3.05, 3.63) is 45.8 Å². The molecule has 0 bridgehead atoms. The van der Waals surface area contributed by atoms with Crippen molar-refractivity contribution in [3.63, 3.8) is 0 Å². The topological polar surface area (TPSA) is 117 Å². The van der Waals surface area contributed by atoms with Crippen LogP contribution < -0.4 is 16.7 Å². The van der Waals surface area contributed by atoms with Gasteiger partial charge in [-0.25, -0.2) is 14.2 Å². The normalized spacial score (nSPS) is 19.0. The van der Waals surface area contributed by atoms with Crippen molar-refractivity contribution < 1.29 is 13.9 Å². The van der Waals surface area contributed by atoms with E-state index in [1.54, 1.807) is 24.7 Å². The second-order valence-corrected chi connectivity index (χ2v) is 7.52. The minimum absolute atomic E-state index is 0.185. The summed E-state index contributed by atoms with van der Waals surface area (Å²) in [6.07, 6.45) is 2.24. The average Bonchev–Trinajstić information content (AvgIpc) is 3.20. The third-order valence-electron chi connectivity index (χ3n) is 5.37. The van der Waals surface area contributed by atoms with Crippen molar-refractivity contribution in [3.8, 4) is 0 Å².